The number of ether oxygens (including phenoxy) is 1. The van der Waals surface area contributed by atoms with E-state index in [4.69, 9.17) is 15.5 Å². The normalized spacial score (nSPS) is 16.3. The number of aliphatic imine (C=N–C) groups is 1. The van der Waals surface area contributed by atoms with Crippen molar-refractivity contribution in [3.63, 3.8) is 0 Å². The van der Waals surface area contributed by atoms with Gasteiger partial charge < -0.3 is 20.5 Å². The number of hydrogen-bond acceptors (Lipinski definition) is 8. The predicted molar refractivity (Wildman–Crippen MR) is 152 cm³/mol. The zero-order chi connectivity index (χ0) is 25.9. The van der Waals surface area contributed by atoms with Crippen molar-refractivity contribution in [1.29, 1.82) is 0 Å². The van der Waals surface area contributed by atoms with Crippen LogP contribution < -0.4 is 15.4 Å². The number of thiophene rings is 1. The molecule has 1 aliphatic rings. The summed E-state index contributed by atoms with van der Waals surface area (Å²) >= 11 is 1.65. The maximum absolute atomic E-state index is 9.76. The molecule has 0 radical (unpaired) electrons. The quantitative estimate of drug-likeness (QED) is 0.223. The van der Waals surface area contributed by atoms with Crippen molar-refractivity contribution in [1.82, 2.24) is 14.8 Å². The van der Waals surface area contributed by atoms with Gasteiger partial charge in [0, 0.05) is 42.9 Å². The Hall–Kier alpha value is -3.43. The van der Waals surface area contributed by atoms with Crippen LogP contribution in [0.1, 0.15) is 38.7 Å². The highest BCUT2D eigenvalue weighted by molar-refractivity contribution is 7.21. The Bertz CT molecular complexity index is 1380. The van der Waals surface area contributed by atoms with E-state index >= 15 is 0 Å². The van der Waals surface area contributed by atoms with Gasteiger partial charge in [-0.1, -0.05) is 13.8 Å². The summed E-state index contributed by atoms with van der Waals surface area (Å²) < 4.78 is 8.92. The van der Waals surface area contributed by atoms with Gasteiger partial charge in [0.15, 0.2) is 0 Å². The molecule has 0 spiro atoms. The third-order valence-electron chi connectivity index (χ3n) is 6.74. The molecule has 9 heteroatoms. The smallest absolute Gasteiger partial charge is 0.150 e. The van der Waals surface area contributed by atoms with Crippen LogP contribution in [0.4, 0.5) is 17.2 Å². The molecule has 3 aromatic heterocycles. The van der Waals surface area contributed by atoms with Crippen molar-refractivity contribution in [3.05, 3.63) is 54.4 Å². The minimum absolute atomic E-state index is 0.227. The molecule has 1 aliphatic heterocycles. The van der Waals surface area contributed by atoms with Crippen molar-refractivity contribution in [2.45, 2.75) is 46.1 Å². The maximum Gasteiger partial charge on any atom is 0.150 e. The molecule has 5 rings (SSSR count). The minimum atomic E-state index is -0.227. The van der Waals surface area contributed by atoms with Crippen LogP contribution >= 0.6 is 11.3 Å². The van der Waals surface area contributed by atoms with Crippen LogP contribution in [-0.2, 0) is 0 Å². The zero-order valence-corrected chi connectivity index (χ0v) is 22.4. The maximum atomic E-state index is 9.76. The lowest BCUT2D eigenvalue weighted by Gasteiger charge is -2.18. The summed E-state index contributed by atoms with van der Waals surface area (Å²) in [5.41, 5.74) is 11.3. The number of pyridine rings is 1. The Morgan fingerprint density at radius 3 is 2.78 bits per heavy atom. The van der Waals surface area contributed by atoms with Crippen LogP contribution in [0.25, 0.3) is 15.2 Å². The van der Waals surface area contributed by atoms with E-state index in [0.717, 1.165) is 69.4 Å². The van der Waals surface area contributed by atoms with Crippen LogP contribution in [-0.4, -0.2) is 51.4 Å². The highest BCUT2D eigenvalue weighted by Crippen LogP contribution is 2.37. The Morgan fingerprint density at radius 2 is 2.11 bits per heavy atom. The van der Waals surface area contributed by atoms with E-state index in [1.54, 1.807) is 17.5 Å². The number of rotatable bonds is 9. The molecule has 8 nitrogen and oxygen atoms in total. The van der Waals surface area contributed by atoms with Gasteiger partial charge in [0.05, 0.1) is 22.9 Å². The summed E-state index contributed by atoms with van der Waals surface area (Å²) in [5, 5.41) is 15.1. The summed E-state index contributed by atoms with van der Waals surface area (Å²) in [4.78, 5) is 11.9. The standard InChI is InChI=1S/C28H34N6O2S/c1-18(2)23(6-4-15-36-22-9-7-20(8-10-22)33-14-11-21(35)17-33)31-26-19(3)27-24(32-28(26)29)16-25(37-27)34-13-5-12-30-34/h5,7-10,12-13,16,18,21,35H,4,6,11,14-15,17H2,1-3H3,(H2,29,32). The molecule has 1 unspecified atom stereocenters. The van der Waals surface area contributed by atoms with E-state index in [9.17, 15) is 5.11 Å². The molecule has 0 amide bonds. The molecular formula is C28H34N6O2S. The second kappa shape index (κ2) is 10.9. The fraction of sp³-hybridized carbons (Fsp3) is 0.393. The number of hydrogen-bond donors (Lipinski definition) is 2. The molecule has 4 aromatic rings. The highest BCUT2D eigenvalue weighted by Gasteiger charge is 2.20. The number of aliphatic hydroxyl groups is 1. The lowest BCUT2D eigenvalue weighted by atomic mass is 10.0. The van der Waals surface area contributed by atoms with Crippen LogP contribution in [0.5, 0.6) is 5.75 Å². The number of aromatic nitrogens is 3. The van der Waals surface area contributed by atoms with Gasteiger partial charge in [0.2, 0.25) is 0 Å². The number of β-amino-alcohol motifs (C(OH)–C–C–N with tert-alkyl or cyclic N) is 1. The zero-order valence-electron chi connectivity index (χ0n) is 21.6. The molecule has 1 aromatic carbocycles. The minimum Gasteiger partial charge on any atom is -0.494 e. The second-order valence-electron chi connectivity index (χ2n) is 9.81. The molecule has 1 atom stereocenters. The lowest BCUT2D eigenvalue weighted by molar-refractivity contribution is 0.198. The first kappa shape index (κ1) is 25.2. The van der Waals surface area contributed by atoms with Crippen molar-refractivity contribution in [2.75, 3.05) is 30.3 Å². The Labute approximate surface area is 221 Å². The molecule has 1 saturated heterocycles. The van der Waals surface area contributed by atoms with Gasteiger partial charge in [0.25, 0.3) is 0 Å². The van der Waals surface area contributed by atoms with Crippen molar-refractivity contribution in [3.8, 4) is 10.8 Å². The van der Waals surface area contributed by atoms with E-state index in [0.29, 0.717) is 19.0 Å². The van der Waals surface area contributed by atoms with Crippen molar-refractivity contribution in [2.24, 2.45) is 10.9 Å². The molecule has 3 N–H and O–H groups in total. The van der Waals surface area contributed by atoms with Gasteiger partial charge in [-0.05, 0) is 68.0 Å². The molecule has 0 aliphatic carbocycles. The second-order valence-corrected chi connectivity index (χ2v) is 10.8. The molecule has 0 saturated carbocycles. The summed E-state index contributed by atoms with van der Waals surface area (Å²) in [6.07, 6.45) is 5.97. The fourth-order valence-electron chi connectivity index (χ4n) is 4.65. The van der Waals surface area contributed by atoms with E-state index in [-0.39, 0.29) is 12.0 Å². The Balaban J connectivity index is 1.24. The number of fused-ring (bicyclic) bond motifs is 1. The van der Waals surface area contributed by atoms with Gasteiger partial charge in [0.1, 0.15) is 22.3 Å². The SMILES string of the molecule is Cc1c(N=C(CCCOc2ccc(N3CCC(O)C3)cc2)C(C)C)c(N)nc2cc(-n3cccn3)sc12. The first-order chi connectivity index (χ1) is 17.9. The monoisotopic (exact) mass is 518 g/mol. The number of anilines is 2. The molecule has 194 valence electrons. The number of benzene rings is 1. The number of nitrogen functional groups attached to an aromatic ring is 1. The Kier molecular flexibility index (Phi) is 7.43. The number of nitrogens with two attached hydrogens (primary N) is 1. The predicted octanol–water partition coefficient (Wildman–Crippen LogP) is 5.53. The van der Waals surface area contributed by atoms with Gasteiger partial charge >= 0.3 is 0 Å². The summed E-state index contributed by atoms with van der Waals surface area (Å²) in [6, 6.07) is 12.0. The lowest BCUT2D eigenvalue weighted by Crippen LogP contribution is -2.20. The number of aryl methyl sites for hydroxylation is 1. The first-order valence-electron chi connectivity index (χ1n) is 12.8. The van der Waals surface area contributed by atoms with Gasteiger partial charge in [-0.3, -0.25) is 4.99 Å². The topological polar surface area (TPSA) is 102 Å². The van der Waals surface area contributed by atoms with Crippen LogP contribution in [0.2, 0.25) is 0 Å². The average Bonchev–Trinajstić information content (AvgIpc) is 3.64. The Morgan fingerprint density at radius 1 is 1.30 bits per heavy atom. The van der Waals surface area contributed by atoms with E-state index in [2.05, 4.69) is 47.9 Å². The van der Waals surface area contributed by atoms with Gasteiger partial charge in [-0.25, -0.2) is 9.67 Å². The summed E-state index contributed by atoms with van der Waals surface area (Å²) in [6.45, 7) is 8.58. The van der Waals surface area contributed by atoms with E-state index in [1.165, 1.54) is 0 Å². The third-order valence-corrected chi connectivity index (χ3v) is 7.98. The van der Waals surface area contributed by atoms with Crippen molar-refractivity contribution < 1.29 is 9.84 Å². The molecular weight excluding hydrogens is 484 g/mol. The number of nitrogens with zero attached hydrogens (tertiary/aromatic N) is 5. The van der Waals surface area contributed by atoms with E-state index in [1.807, 2.05) is 35.1 Å². The molecule has 1 fully saturated rings. The summed E-state index contributed by atoms with van der Waals surface area (Å²) in [5.74, 6) is 1.59. The fourth-order valence-corrected chi connectivity index (χ4v) is 5.69. The first-order valence-corrected chi connectivity index (χ1v) is 13.6. The molecule has 37 heavy (non-hydrogen) atoms. The van der Waals surface area contributed by atoms with Gasteiger partial charge in [-0.2, -0.15) is 5.10 Å². The van der Waals surface area contributed by atoms with Crippen LogP contribution in [0, 0.1) is 12.8 Å². The molecule has 0 bridgehead atoms. The van der Waals surface area contributed by atoms with Crippen LogP contribution in [0.15, 0.2) is 53.8 Å². The number of aliphatic hydroxyl groups excluding tert-OH is 1. The van der Waals surface area contributed by atoms with Gasteiger partial charge in [-0.15, -0.1) is 11.3 Å². The largest absolute Gasteiger partial charge is 0.494 e. The highest BCUT2D eigenvalue weighted by atomic mass is 32.1. The molecule has 4 heterocycles. The van der Waals surface area contributed by atoms with Crippen LogP contribution in [0.3, 0.4) is 0 Å². The summed E-state index contributed by atoms with van der Waals surface area (Å²) in [7, 11) is 0. The van der Waals surface area contributed by atoms with Crippen molar-refractivity contribution >= 4 is 44.5 Å². The average molecular weight is 519 g/mol. The third kappa shape index (κ3) is 5.62. The van der Waals surface area contributed by atoms with E-state index < -0.39 is 0 Å².